The Labute approximate surface area is 99.3 Å². The average molecular weight is 233 g/mol. The Morgan fingerprint density at radius 2 is 1.88 bits per heavy atom. The van der Waals surface area contributed by atoms with E-state index in [0.29, 0.717) is 32.4 Å². The highest BCUT2D eigenvalue weighted by atomic mass is 16.5. The zero-order valence-corrected chi connectivity index (χ0v) is 11.0. The van der Waals surface area contributed by atoms with Gasteiger partial charge >= 0.3 is 0 Å². The maximum atomic E-state index is 9.57. The molecule has 2 atom stereocenters. The summed E-state index contributed by atoms with van der Waals surface area (Å²) >= 11 is 0. The summed E-state index contributed by atoms with van der Waals surface area (Å²) < 4.78 is 10.6. The van der Waals surface area contributed by atoms with Crippen molar-refractivity contribution in [2.45, 2.75) is 52.4 Å². The van der Waals surface area contributed by atoms with Gasteiger partial charge < -0.3 is 19.9 Å². The molecule has 0 aliphatic carbocycles. The van der Waals surface area contributed by atoms with E-state index in [9.17, 15) is 5.11 Å². The molecule has 0 radical (unpaired) electrons. The first-order valence-corrected chi connectivity index (χ1v) is 6.17. The number of rotatable bonds is 10. The van der Waals surface area contributed by atoms with E-state index in [1.165, 1.54) is 0 Å². The lowest BCUT2D eigenvalue weighted by Crippen LogP contribution is -2.35. The molecule has 0 aromatic heterocycles. The molecule has 0 heterocycles. The van der Waals surface area contributed by atoms with Crippen molar-refractivity contribution in [1.29, 1.82) is 0 Å². The molecule has 0 aliphatic rings. The Hall–Kier alpha value is -0.160. The molecule has 0 aromatic rings. The van der Waals surface area contributed by atoms with Crippen molar-refractivity contribution >= 4 is 0 Å². The lowest BCUT2D eigenvalue weighted by Gasteiger charge is -2.16. The summed E-state index contributed by atoms with van der Waals surface area (Å²) in [7, 11) is 0. The summed E-state index contributed by atoms with van der Waals surface area (Å²) in [6.07, 6.45) is 0.865. The van der Waals surface area contributed by atoms with Gasteiger partial charge in [-0.1, -0.05) is 6.92 Å². The first kappa shape index (κ1) is 15.8. The van der Waals surface area contributed by atoms with Crippen molar-refractivity contribution in [2.24, 2.45) is 0 Å². The van der Waals surface area contributed by atoms with Gasteiger partial charge in [-0.05, 0) is 27.2 Å². The van der Waals surface area contributed by atoms with E-state index in [0.717, 1.165) is 6.42 Å². The third-order valence-corrected chi connectivity index (χ3v) is 2.30. The number of ether oxygens (including phenoxy) is 2. The van der Waals surface area contributed by atoms with Crippen LogP contribution in [0.25, 0.3) is 0 Å². The molecule has 4 nitrogen and oxygen atoms in total. The predicted octanol–water partition coefficient (Wildman–Crippen LogP) is 1.18. The quantitative estimate of drug-likeness (QED) is 0.556. The van der Waals surface area contributed by atoms with Crippen LogP contribution in [0.15, 0.2) is 0 Å². The highest BCUT2D eigenvalue weighted by molar-refractivity contribution is 4.63. The SMILES string of the molecule is CCC(C)NCC(O)COCCOC(C)C. The second kappa shape index (κ2) is 10.0. The Morgan fingerprint density at radius 3 is 2.44 bits per heavy atom. The van der Waals surface area contributed by atoms with E-state index in [2.05, 4.69) is 19.2 Å². The van der Waals surface area contributed by atoms with E-state index < -0.39 is 6.10 Å². The summed E-state index contributed by atoms with van der Waals surface area (Å²) in [6, 6.07) is 0.443. The minimum absolute atomic E-state index is 0.237. The molecular weight excluding hydrogens is 206 g/mol. The first-order valence-electron chi connectivity index (χ1n) is 6.17. The van der Waals surface area contributed by atoms with Crippen LogP contribution in [-0.2, 0) is 9.47 Å². The molecule has 16 heavy (non-hydrogen) atoms. The molecule has 0 saturated heterocycles. The minimum atomic E-state index is -0.437. The molecule has 2 N–H and O–H groups in total. The van der Waals surface area contributed by atoms with Gasteiger partial charge in [0.2, 0.25) is 0 Å². The Bertz CT molecular complexity index is 153. The van der Waals surface area contributed by atoms with Gasteiger partial charge in [0.05, 0.1) is 32.0 Å². The Kier molecular flexibility index (Phi) is 9.92. The fourth-order valence-corrected chi connectivity index (χ4v) is 1.10. The monoisotopic (exact) mass is 233 g/mol. The molecule has 0 amide bonds. The van der Waals surface area contributed by atoms with Crippen LogP contribution in [0.5, 0.6) is 0 Å². The Balaban J connectivity index is 3.27. The van der Waals surface area contributed by atoms with Gasteiger partial charge in [0.1, 0.15) is 0 Å². The van der Waals surface area contributed by atoms with Crippen molar-refractivity contribution in [1.82, 2.24) is 5.32 Å². The normalized spacial score (nSPS) is 15.4. The molecule has 2 unspecified atom stereocenters. The van der Waals surface area contributed by atoms with Crippen molar-refractivity contribution in [2.75, 3.05) is 26.4 Å². The predicted molar refractivity (Wildman–Crippen MR) is 65.7 cm³/mol. The fraction of sp³-hybridized carbons (Fsp3) is 1.00. The molecule has 0 spiro atoms. The molecule has 0 aliphatic heterocycles. The number of nitrogens with one attached hydrogen (secondary N) is 1. The molecular formula is C12H27NO3. The maximum absolute atomic E-state index is 9.57. The molecule has 0 rings (SSSR count). The summed E-state index contributed by atoms with van der Waals surface area (Å²) in [4.78, 5) is 0. The van der Waals surface area contributed by atoms with E-state index in [4.69, 9.17) is 9.47 Å². The zero-order chi connectivity index (χ0) is 12.4. The first-order chi connectivity index (χ1) is 7.56. The molecule has 0 bridgehead atoms. The molecule has 0 fully saturated rings. The van der Waals surface area contributed by atoms with Crippen LogP contribution in [0.3, 0.4) is 0 Å². The van der Waals surface area contributed by atoms with Crippen LogP contribution < -0.4 is 5.32 Å². The van der Waals surface area contributed by atoms with Crippen molar-refractivity contribution in [3.8, 4) is 0 Å². The third kappa shape index (κ3) is 10.4. The molecule has 0 aromatic carbocycles. The van der Waals surface area contributed by atoms with Crippen molar-refractivity contribution in [3.63, 3.8) is 0 Å². The highest BCUT2D eigenvalue weighted by Crippen LogP contribution is 1.91. The van der Waals surface area contributed by atoms with Gasteiger partial charge in [-0.2, -0.15) is 0 Å². The van der Waals surface area contributed by atoms with Crippen molar-refractivity contribution in [3.05, 3.63) is 0 Å². The zero-order valence-electron chi connectivity index (χ0n) is 11.0. The van der Waals surface area contributed by atoms with Gasteiger partial charge in [-0.15, -0.1) is 0 Å². The molecule has 4 heteroatoms. The highest BCUT2D eigenvalue weighted by Gasteiger charge is 2.05. The second-order valence-electron chi connectivity index (χ2n) is 4.37. The standard InChI is InChI=1S/C12H27NO3/c1-5-11(4)13-8-12(14)9-15-6-7-16-10(2)3/h10-14H,5-9H2,1-4H3. The number of aliphatic hydroxyl groups excluding tert-OH is 1. The van der Waals surface area contributed by atoms with Crippen LogP contribution in [0, 0.1) is 0 Å². The van der Waals surface area contributed by atoms with Gasteiger partial charge in [-0.25, -0.2) is 0 Å². The topological polar surface area (TPSA) is 50.7 Å². The minimum Gasteiger partial charge on any atom is -0.389 e. The van der Waals surface area contributed by atoms with Gasteiger partial charge in [0.25, 0.3) is 0 Å². The largest absolute Gasteiger partial charge is 0.389 e. The van der Waals surface area contributed by atoms with E-state index in [-0.39, 0.29) is 6.10 Å². The molecule has 98 valence electrons. The lowest BCUT2D eigenvalue weighted by atomic mass is 10.2. The third-order valence-electron chi connectivity index (χ3n) is 2.30. The maximum Gasteiger partial charge on any atom is 0.0897 e. The summed E-state index contributed by atoms with van der Waals surface area (Å²) in [5, 5.41) is 12.8. The summed E-state index contributed by atoms with van der Waals surface area (Å²) in [5.74, 6) is 0. The second-order valence-corrected chi connectivity index (χ2v) is 4.37. The Morgan fingerprint density at radius 1 is 1.19 bits per heavy atom. The number of hydrogen-bond acceptors (Lipinski definition) is 4. The van der Waals surface area contributed by atoms with Crippen LogP contribution in [0.2, 0.25) is 0 Å². The van der Waals surface area contributed by atoms with E-state index in [1.54, 1.807) is 0 Å². The number of hydrogen-bond donors (Lipinski definition) is 2. The van der Waals surface area contributed by atoms with E-state index >= 15 is 0 Å². The van der Waals surface area contributed by atoms with Crippen LogP contribution in [0.1, 0.15) is 34.1 Å². The van der Waals surface area contributed by atoms with Gasteiger partial charge in [0.15, 0.2) is 0 Å². The van der Waals surface area contributed by atoms with Crippen molar-refractivity contribution < 1.29 is 14.6 Å². The van der Waals surface area contributed by atoms with E-state index in [1.807, 2.05) is 13.8 Å². The number of aliphatic hydroxyl groups is 1. The van der Waals surface area contributed by atoms with Crippen LogP contribution >= 0.6 is 0 Å². The molecule has 0 saturated carbocycles. The summed E-state index contributed by atoms with van der Waals surface area (Å²) in [6.45, 7) is 10.3. The fourth-order valence-electron chi connectivity index (χ4n) is 1.10. The van der Waals surface area contributed by atoms with Gasteiger partial charge in [-0.3, -0.25) is 0 Å². The van der Waals surface area contributed by atoms with Gasteiger partial charge in [0, 0.05) is 12.6 Å². The smallest absolute Gasteiger partial charge is 0.0897 e. The summed E-state index contributed by atoms with van der Waals surface area (Å²) in [5.41, 5.74) is 0. The van der Waals surface area contributed by atoms with Crippen LogP contribution in [-0.4, -0.2) is 49.7 Å². The lowest BCUT2D eigenvalue weighted by molar-refractivity contribution is -0.0104. The average Bonchev–Trinajstić information content (AvgIpc) is 2.24. The van der Waals surface area contributed by atoms with Crippen LogP contribution in [0.4, 0.5) is 0 Å².